The molecular formula is C11H16N2O3. The lowest BCUT2D eigenvalue weighted by Crippen LogP contribution is -2.06. The van der Waals surface area contributed by atoms with Crippen LogP contribution in [0.25, 0.3) is 0 Å². The molecule has 0 amide bonds. The number of ether oxygens (including phenoxy) is 1. The summed E-state index contributed by atoms with van der Waals surface area (Å²) in [7, 11) is 1.37. The molecule has 88 valence electrons. The Morgan fingerprint density at radius 3 is 2.69 bits per heavy atom. The van der Waals surface area contributed by atoms with Crippen LogP contribution in [0.3, 0.4) is 0 Å². The molecule has 1 aromatic heterocycles. The van der Waals surface area contributed by atoms with E-state index in [-0.39, 0.29) is 5.97 Å². The van der Waals surface area contributed by atoms with Gasteiger partial charge in [0.2, 0.25) is 0 Å². The van der Waals surface area contributed by atoms with Gasteiger partial charge in [-0.15, -0.1) is 0 Å². The van der Waals surface area contributed by atoms with Gasteiger partial charge in [0, 0.05) is 18.7 Å². The molecule has 0 spiro atoms. The minimum atomic E-state index is -0.225. The quantitative estimate of drug-likeness (QED) is 0.558. The van der Waals surface area contributed by atoms with Crippen LogP contribution in [0.2, 0.25) is 0 Å². The predicted molar refractivity (Wildman–Crippen MR) is 58.3 cm³/mol. The second-order valence-electron chi connectivity index (χ2n) is 3.61. The highest BCUT2D eigenvalue weighted by Gasteiger charge is 2.10. The third kappa shape index (κ3) is 2.68. The smallest absolute Gasteiger partial charge is 0.305 e. The van der Waals surface area contributed by atoms with Crippen molar-refractivity contribution in [3.63, 3.8) is 0 Å². The van der Waals surface area contributed by atoms with E-state index in [1.54, 1.807) is 11.6 Å². The summed E-state index contributed by atoms with van der Waals surface area (Å²) in [6.45, 7) is 4.27. The molecular weight excluding hydrogens is 208 g/mol. The summed E-state index contributed by atoms with van der Waals surface area (Å²) in [5.41, 5.74) is 2.21. The highest BCUT2D eigenvalue weighted by Crippen LogP contribution is 2.11. The van der Waals surface area contributed by atoms with E-state index in [0.29, 0.717) is 24.9 Å². The largest absolute Gasteiger partial charge is 0.469 e. The van der Waals surface area contributed by atoms with Gasteiger partial charge in [-0.05, 0) is 20.3 Å². The Morgan fingerprint density at radius 1 is 1.50 bits per heavy atom. The van der Waals surface area contributed by atoms with Gasteiger partial charge in [-0.25, -0.2) is 0 Å². The first-order valence-electron chi connectivity index (χ1n) is 5.16. The normalized spacial score (nSPS) is 10.2. The number of methoxy groups -OCH3 is 1. The van der Waals surface area contributed by atoms with Crippen LogP contribution in [0.5, 0.6) is 0 Å². The maximum atomic E-state index is 10.9. The fourth-order valence-electron chi connectivity index (χ4n) is 1.57. The Balaban J connectivity index is 2.61. The molecule has 0 saturated carbocycles. The number of aldehydes is 1. The van der Waals surface area contributed by atoms with E-state index < -0.39 is 0 Å². The molecule has 0 aliphatic carbocycles. The SMILES string of the molecule is COC(=O)CCCn1nc(C)c(C=O)c1C. The Morgan fingerprint density at radius 2 is 2.19 bits per heavy atom. The molecule has 0 atom stereocenters. The lowest BCUT2D eigenvalue weighted by Gasteiger charge is -2.03. The van der Waals surface area contributed by atoms with Gasteiger partial charge in [-0.2, -0.15) is 5.10 Å². The molecule has 16 heavy (non-hydrogen) atoms. The number of aryl methyl sites for hydroxylation is 2. The number of esters is 1. The van der Waals surface area contributed by atoms with Crippen molar-refractivity contribution >= 4 is 12.3 Å². The average molecular weight is 224 g/mol. The Hall–Kier alpha value is -1.65. The minimum absolute atomic E-state index is 0.225. The lowest BCUT2D eigenvalue weighted by molar-refractivity contribution is -0.140. The van der Waals surface area contributed by atoms with E-state index in [9.17, 15) is 9.59 Å². The molecule has 0 aromatic carbocycles. The van der Waals surface area contributed by atoms with Crippen molar-refractivity contribution in [2.75, 3.05) is 7.11 Å². The summed E-state index contributed by atoms with van der Waals surface area (Å²) in [5, 5.41) is 4.24. The molecule has 1 heterocycles. The summed E-state index contributed by atoms with van der Waals surface area (Å²) in [4.78, 5) is 21.7. The van der Waals surface area contributed by atoms with Crippen LogP contribution in [-0.2, 0) is 16.1 Å². The zero-order valence-electron chi connectivity index (χ0n) is 9.82. The summed E-state index contributed by atoms with van der Waals surface area (Å²) < 4.78 is 6.30. The number of carbonyl (C=O) groups is 2. The molecule has 0 N–H and O–H groups in total. The van der Waals surface area contributed by atoms with E-state index in [4.69, 9.17) is 0 Å². The minimum Gasteiger partial charge on any atom is -0.469 e. The van der Waals surface area contributed by atoms with Gasteiger partial charge in [0.15, 0.2) is 6.29 Å². The standard InChI is InChI=1S/C11H16N2O3/c1-8-10(7-14)9(2)13(12-8)6-4-5-11(15)16-3/h7H,4-6H2,1-3H3. The van der Waals surface area contributed by atoms with Crippen molar-refractivity contribution in [1.29, 1.82) is 0 Å². The zero-order valence-corrected chi connectivity index (χ0v) is 9.82. The van der Waals surface area contributed by atoms with E-state index in [2.05, 4.69) is 9.84 Å². The van der Waals surface area contributed by atoms with Gasteiger partial charge < -0.3 is 4.74 Å². The van der Waals surface area contributed by atoms with Crippen LogP contribution in [0.15, 0.2) is 0 Å². The molecule has 0 radical (unpaired) electrons. The van der Waals surface area contributed by atoms with Gasteiger partial charge in [-0.1, -0.05) is 0 Å². The first-order chi connectivity index (χ1) is 7.60. The first kappa shape index (κ1) is 12.4. The third-order valence-corrected chi connectivity index (χ3v) is 2.53. The van der Waals surface area contributed by atoms with Crippen molar-refractivity contribution in [3.8, 4) is 0 Å². The maximum absolute atomic E-state index is 10.9. The van der Waals surface area contributed by atoms with Crippen molar-refractivity contribution in [3.05, 3.63) is 17.0 Å². The lowest BCUT2D eigenvalue weighted by atomic mass is 10.2. The summed E-state index contributed by atoms with van der Waals surface area (Å²) in [5.74, 6) is -0.225. The number of rotatable bonds is 5. The Kier molecular flexibility index (Phi) is 4.22. The average Bonchev–Trinajstić information content (AvgIpc) is 2.53. The molecule has 0 aliphatic heterocycles. The maximum Gasteiger partial charge on any atom is 0.305 e. The number of hydrogen-bond donors (Lipinski definition) is 0. The second-order valence-corrected chi connectivity index (χ2v) is 3.61. The van der Waals surface area contributed by atoms with Crippen LogP contribution in [0.4, 0.5) is 0 Å². The molecule has 0 unspecified atom stereocenters. The molecule has 5 nitrogen and oxygen atoms in total. The Bertz CT molecular complexity index is 396. The van der Waals surface area contributed by atoms with Crippen molar-refractivity contribution in [2.24, 2.45) is 0 Å². The van der Waals surface area contributed by atoms with Crippen molar-refractivity contribution in [2.45, 2.75) is 33.2 Å². The molecule has 1 rings (SSSR count). The molecule has 0 fully saturated rings. The van der Waals surface area contributed by atoms with Gasteiger partial charge >= 0.3 is 5.97 Å². The summed E-state index contributed by atoms with van der Waals surface area (Å²) in [6, 6.07) is 0. The molecule has 5 heteroatoms. The number of hydrogen-bond acceptors (Lipinski definition) is 4. The molecule has 0 aliphatic rings. The van der Waals surface area contributed by atoms with Crippen molar-refractivity contribution in [1.82, 2.24) is 9.78 Å². The Labute approximate surface area is 94.4 Å². The second kappa shape index (κ2) is 5.44. The fraction of sp³-hybridized carbons (Fsp3) is 0.545. The topological polar surface area (TPSA) is 61.2 Å². The highest BCUT2D eigenvalue weighted by atomic mass is 16.5. The van der Waals surface area contributed by atoms with Crippen LogP contribution < -0.4 is 0 Å². The zero-order chi connectivity index (χ0) is 12.1. The van der Waals surface area contributed by atoms with Gasteiger partial charge in [0.25, 0.3) is 0 Å². The van der Waals surface area contributed by atoms with E-state index >= 15 is 0 Å². The van der Waals surface area contributed by atoms with E-state index in [0.717, 1.165) is 17.7 Å². The van der Waals surface area contributed by atoms with Gasteiger partial charge in [-0.3, -0.25) is 14.3 Å². The summed E-state index contributed by atoms with van der Waals surface area (Å²) in [6.07, 6.45) is 1.84. The monoisotopic (exact) mass is 224 g/mol. The summed E-state index contributed by atoms with van der Waals surface area (Å²) >= 11 is 0. The van der Waals surface area contributed by atoms with Crippen molar-refractivity contribution < 1.29 is 14.3 Å². The third-order valence-electron chi connectivity index (χ3n) is 2.53. The number of aromatic nitrogens is 2. The molecule has 1 aromatic rings. The van der Waals surface area contributed by atoms with E-state index in [1.165, 1.54) is 7.11 Å². The first-order valence-corrected chi connectivity index (χ1v) is 5.16. The van der Waals surface area contributed by atoms with Crippen LogP contribution in [0, 0.1) is 13.8 Å². The molecule has 0 saturated heterocycles. The van der Waals surface area contributed by atoms with Gasteiger partial charge in [0.1, 0.15) is 0 Å². The predicted octanol–water partition coefficient (Wildman–Crippen LogP) is 1.27. The van der Waals surface area contributed by atoms with E-state index in [1.807, 2.05) is 6.92 Å². The highest BCUT2D eigenvalue weighted by molar-refractivity contribution is 5.78. The van der Waals surface area contributed by atoms with Crippen LogP contribution in [-0.4, -0.2) is 29.1 Å². The number of carbonyl (C=O) groups excluding carboxylic acids is 2. The number of nitrogens with zero attached hydrogens (tertiary/aromatic N) is 2. The van der Waals surface area contributed by atoms with Crippen LogP contribution >= 0.6 is 0 Å². The van der Waals surface area contributed by atoms with Gasteiger partial charge in [0.05, 0.1) is 18.4 Å². The molecule has 0 bridgehead atoms. The fourth-order valence-corrected chi connectivity index (χ4v) is 1.57. The van der Waals surface area contributed by atoms with Crippen LogP contribution in [0.1, 0.15) is 34.6 Å².